The van der Waals surface area contributed by atoms with Gasteiger partial charge in [-0.2, -0.15) is 11.8 Å². The maximum atomic E-state index is 11.8. The van der Waals surface area contributed by atoms with Crippen molar-refractivity contribution >= 4 is 30.1 Å². The molecule has 1 aliphatic carbocycles. The number of carbonyl (C=O) groups excluding carboxylic acids is 1. The molecule has 0 heterocycles. The van der Waals surface area contributed by atoms with Crippen molar-refractivity contribution in [2.24, 2.45) is 5.92 Å². The van der Waals surface area contributed by atoms with Gasteiger partial charge in [-0.15, -0.1) is 12.4 Å². The Kier molecular flexibility index (Phi) is 9.10. The lowest BCUT2D eigenvalue weighted by Crippen LogP contribution is -2.43. The molecule has 1 fully saturated rings. The molecule has 3 nitrogen and oxygen atoms in total. The molecule has 0 aromatic heterocycles. The molecule has 1 saturated carbocycles. The number of nitrogens with one attached hydrogen (secondary N) is 2. The smallest absolute Gasteiger partial charge is 0.224 e. The molecule has 0 spiro atoms. The number of hydrogen-bond acceptors (Lipinski definition) is 3. The summed E-state index contributed by atoms with van der Waals surface area (Å²) in [6.45, 7) is 2.73. The Balaban J connectivity index is 0.00000256. The first-order valence-corrected chi connectivity index (χ1v) is 7.44. The van der Waals surface area contributed by atoms with Crippen molar-refractivity contribution in [1.82, 2.24) is 10.6 Å². The van der Waals surface area contributed by atoms with Crippen molar-refractivity contribution in [3.05, 3.63) is 0 Å². The highest BCUT2D eigenvalue weighted by molar-refractivity contribution is 7.99. The average Bonchev–Trinajstić information content (AvgIpc) is 2.29. The fourth-order valence-electron chi connectivity index (χ4n) is 2.23. The monoisotopic (exact) mass is 280 g/mol. The standard InChI is InChI=1S/C12H24N2OS.ClH/c1-9(8-13-2)12(15)14-10-5-4-6-11(7-10)16-3;/h9-11,13H,4-8H2,1-3H3,(H,14,15);1H. The predicted octanol–water partition coefficient (Wildman–Crippen LogP) is 2.05. The summed E-state index contributed by atoms with van der Waals surface area (Å²) >= 11 is 1.93. The van der Waals surface area contributed by atoms with Gasteiger partial charge in [0.05, 0.1) is 0 Å². The van der Waals surface area contributed by atoms with Crippen LogP contribution < -0.4 is 10.6 Å². The molecule has 102 valence electrons. The molecular weight excluding hydrogens is 256 g/mol. The first kappa shape index (κ1) is 17.1. The second kappa shape index (κ2) is 9.06. The lowest BCUT2D eigenvalue weighted by Gasteiger charge is -2.29. The third-order valence-corrected chi connectivity index (χ3v) is 4.36. The highest BCUT2D eigenvalue weighted by Crippen LogP contribution is 2.26. The van der Waals surface area contributed by atoms with Crippen molar-refractivity contribution < 1.29 is 4.79 Å². The van der Waals surface area contributed by atoms with Gasteiger partial charge in [-0.25, -0.2) is 0 Å². The highest BCUT2D eigenvalue weighted by atomic mass is 35.5. The van der Waals surface area contributed by atoms with E-state index < -0.39 is 0 Å². The van der Waals surface area contributed by atoms with Crippen LogP contribution in [0.25, 0.3) is 0 Å². The summed E-state index contributed by atoms with van der Waals surface area (Å²) < 4.78 is 0. The predicted molar refractivity (Wildman–Crippen MR) is 78.0 cm³/mol. The summed E-state index contributed by atoms with van der Waals surface area (Å²) in [6.07, 6.45) is 7.00. The van der Waals surface area contributed by atoms with Gasteiger partial charge in [-0.05, 0) is 32.6 Å². The molecule has 0 aromatic rings. The molecule has 17 heavy (non-hydrogen) atoms. The fraction of sp³-hybridized carbons (Fsp3) is 0.917. The Morgan fingerprint density at radius 3 is 2.76 bits per heavy atom. The van der Waals surface area contributed by atoms with Crippen LogP contribution in [0.2, 0.25) is 0 Å². The molecule has 0 bridgehead atoms. The SMILES string of the molecule is CNCC(C)C(=O)NC1CCCC(SC)C1.Cl. The van der Waals surface area contributed by atoms with E-state index in [1.54, 1.807) is 0 Å². The van der Waals surface area contributed by atoms with Crippen molar-refractivity contribution in [2.75, 3.05) is 19.8 Å². The van der Waals surface area contributed by atoms with Crippen LogP contribution in [0.15, 0.2) is 0 Å². The van der Waals surface area contributed by atoms with Crippen LogP contribution in [0.5, 0.6) is 0 Å². The maximum absolute atomic E-state index is 11.8. The quantitative estimate of drug-likeness (QED) is 0.810. The highest BCUT2D eigenvalue weighted by Gasteiger charge is 2.23. The minimum atomic E-state index is 0. The van der Waals surface area contributed by atoms with Gasteiger partial charge in [-0.3, -0.25) is 4.79 Å². The van der Waals surface area contributed by atoms with E-state index in [9.17, 15) is 4.79 Å². The Bertz CT molecular complexity index is 229. The van der Waals surface area contributed by atoms with E-state index in [2.05, 4.69) is 16.9 Å². The van der Waals surface area contributed by atoms with Crippen LogP contribution in [0.1, 0.15) is 32.6 Å². The number of hydrogen-bond donors (Lipinski definition) is 2. The van der Waals surface area contributed by atoms with E-state index in [1.165, 1.54) is 12.8 Å². The lowest BCUT2D eigenvalue weighted by molar-refractivity contribution is -0.125. The second-order valence-electron chi connectivity index (χ2n) is 4.69. The number of halogens is 1. The first-order chi connectivity index (χ1) is 7.67. The van der Waals surface area contributed by atoms with Gasteiger partial charge < -0.3 is 10.6 Å². The molecule has 1 rings (SSSR count). The van der Waals surface area contributed by atoms with Gasteiger partial charge in [0, 0.05) is 23.8 Å². The average molecular weight is 281 g/mol. The van der Waals surface area contributed by atoms with Crippen molar-refractivity contribution in [2.45, 2.75) is 43.9 Å². The third-order valence-electron chi connectivity index (χ3n) is 3.26. The molecule has 1 amide bonds. The van der Waals surface area contributed by atoms with E-state index >= 15 is 0 Å². The van der Waals surface area contributed by atoms with Gasteiger partial charge in [0.15, 0.2) is 0 Å². The van der Waals surface area contributed by atoms with E-state index in [1.807, 2.05) is 25.7 Å². The molecule has 1 aliphatic rings. The fourth-order valence-corrected chi connectivity index (χ4v) is 3.06. The third kappa shape index (κ3) is 5.98. The largest absolute Gasteiger partial charge is 0.353 e. The lowest BCUT2D eigenvalue weighted by atomic mass is 9.94. The van der Waals surface area contributed by atoms with Crippen molar-refractivity contribution in [3.63, 3.8) is 0 Å². The first-order valence-electron chi connectivity index (χ1n) is 6.15. The molecule has 2 N–H and O–H groups in total. The Hall–Kier alpha value is 0.0700. The summed E-state index contributed by atoms with van der Waals surface area (Å²) in [5.74, 6) is 0.265. The Morgan fingerprint density at radius 1 is 1.47 bits per heavy atom. The number of thioether (sulfide) groups is 1. The molecular formula is C12H25ClN2OS. The summed E-state index contributed by atoms with van der Waals surface area (Å²) in [5, 5.41) is 6.95. The van der Waals surface area contributed by atoms with Crippen LogP contribution in [0.3, 0.4) is 0 Å². The molecule has 0 aliphatic heterocycles. The summed E-state index contributed by atoms with van der Waals surface area (Å²) in [5.41, 5.74) is 0. The molecule has 3 unspecified atom stereocenters. The molecule has 3 atom stereocenters. The van der Waals surface area contributed by atoms with Crippen molar-refractivity contribution in [3.8, 4) is 0 Å². The van der Waals surface area contributed by atoms with Gasteiger partial charge in [-0.1, -0.05) is 13.3 Å². The van der Waals surface area contributed by atoms with Gasteiger partial charge >= 0.3 is 0 Å². The topological polar surface area (TPSA) is 41.1 Å². The number of amides is 1. The normalized spacial score (nSPS) is 25.8. The van der Waals surface area contributed by atoms with Gasteiger partial charge in [0.1, 0.15) is 0 Å². The molecule has 5 heteroatoms. The second-order valence-corrected chi connectivity index (χ2v) is 5.83. The van der Waals surface area contributed by atoms with E-state index in [0.717, 1.165) is 24.6 Å². The van der Waals surface area contributed by atoms with Crippen LogP contribution in [0.4, 0.5) is 0 Å². The molecule has 0 saturated heterocycles. The van der Waals surface area contributed by atoms with Gasteiger partial charge in [0.25, 0.3) is 0 Å². The zero-order valence-corrected chi connectivity index (χ0v) is 12.6. The number of rotatable bonds is 5. The van der Waals surface area contributed by atoms with E-state index in [0.29, 0.717) is 6.04 Å². The summed E-state index contributed by atoms with van der Waals surface area (Å²) in [7, 11) is 1.88. The van der Waals surface area contributed by atoms with Gasteiger partial charge in [0.2, 0.25) is 5.91 Å². The summed E-state index contributed by atoms with van der Waals surface area (Å²) in [4.78, 5) is 11.8. The van der Waals surface area contributed by atoms with Crippen LogP contribution >= 0.6 is 24.2 Å². The Labute approximate surface area is 115 Å². The number of carbonyl (C=O) groups is 1. The molecule has 0 radical (unpaired) electrons. The van der Waals surface area contributed by atoms with Crippen LogP contribution in [-0.2, 0) is 4.79 Å². The molecule has 0 aromatic carbocycles. The van der Waals surface area contributed by atoms with Crippen molar-refractivity contribution in [1.29, 1.82) is 0 Å². The van der Waals surface area contributed by atoms with Crippen LogP contribution in [-0.4, -0.2) is 37.0 Å². The van der Waals surface area contributed by atoms with Crippen LogP contribution in [0, 0.1) is 5.92 Å². The zero-order valence-electron chi connectivity index (χ0n) is 11.0. The minimum Gasteiger partial charge on any atom is -0.353 e. The van der Waals surface area contributed by atoms with E-state index in [4.69, 9.17) is 0 Å². The minimum absolute atomic E-state index is 0. The zero-order chi connectivity index (χ0) is 12.0. The van der Waals surface area contributed by atoms with E-state index in [-0.39, 0.29) is 24.2 Å². The summed E-state index contributed by atoms with van der Waals surface area (Å²) in [6, 6.07) is 0.401. The maximum Gasteiger partial charge on any atom is 0.224 e. The Morgan fingerprint density at radius 2 is 2.18 bits per heavy atom.